The van der Waals surface area contributed by atoms with Crippen molar-refractivity contribution in [3.8, 4) is 0 Å². The van der Waals surface area contributed by atoms with E-state index in [4.69, 9.17) is 9.47 Å². The number of ether oxygens (including phenoxy) is 2. The van der Waals surface area contributed by atoms with Crippen LogP contribution in [-0.4, -0.2) is 46.9 Å². The Bertz CT molecular complexity index is 541. The monoisotopic (exact) mass is 337 g/mol. The van der Waals surface area contributed by atoms with Gasteiger partial charge < -0.3 is 14.4 Å². The minimum absolute atomic E-state index is 0.286. The number of halogens is 3. The van der Waals surface area contributed by atoms with Crippen LogP contribution in [0.25, 0.3) is 0 Å². The van der Waals surface area contributed by atoms with Gasteiger partial charge >= 0.3 is 6.18 Å². The van der Waals surface area contributed by atoms with Crippen molar-refractivity contribution in [3.63, 3.8) is 0 Å². The summed E-state index contributed by atoms with van der Waals surface area (Å²) < 4.78 is 53.2. The van der Waals surface area contributed by atoms with Crippen LogP contribution in [0.5, 0.6) is 0 Å². The Morgan fingerprint density at radius 2 is 2.05 bits per heavy atom. The molecule has 9 heteroatoms. The molecule has 22 heavy (non-hydrogen) atoms. The molecule has 2 aliphatic rings. The molecule has 3 heterocycles. The van der Waals surface area contributed by atoms with Crippen LogP contribution in [0, 0.1) is 0 Å². The normalized spacial score (nSPS) is 29.0. The predicted octanol–water partition coefficient (Wildman–Crippen LogP) is 2.72. The average Bonchev–Trinajstić information content (AvgIpc) is 2.86. The minimum Gasteiger partial charge on any atom is -0.378 e. The summed E-state index contributed by atoms with van der Waals surface area (Å²) in [4.78, 5) is 5.50. The number of hydrogen-bond donors (Lipinski definition) is 0. The van der Waals surface area contributed by atoms with Gasteiger partial charge in [0.1, 0.15) is 5.60 Å². The maximum absolute atomic E-state index is 12.7. The molecule has 0 aliphatic carbocycles. The van der Waals surface area contributed by atoms with E-state index in [0.29, 0.717) is 26.3 Å². The first-order valence-electron chi connectivity index (χ1n) is 7.13. The third kappa shape index (κ3) is 3.21. The van der Waals surface area contributed by atoms with E-state index in [9.17, 15) is 13.2 Å². The highest BCUT2D eigenvalue weighted by Crippen LogP contribution is 2.38. The average molecular weight is 337 g/mol. The van der Waals surface area contributed by atoms with E-state index in [1.165, 1.54) is 0 Å². The van der Waals surface area contributed by atoms with Crippen molar-refractivity contribution in [1.82, 2.24) is 9.36 Å². The van der Waals surface area contributed by atoms with Crippen LogP contribution in [0.15, 0.2) is 0 Å². The molecule has 2 fully saturated rings. The first-order valence-corrected chi connectivity index (χ1v) is 7.90. The number of alkyl halides is 3. The molecule has 0 aromatic carbocycles. The zero-order valence-electron chi connectivity index (χ0n) is 12.4. The Morgan fingerprint density at radius 1 is 1.27 bits per heavy atom. The van der Waals surface area contributed by atoms with Crippen LogP contribution in [0.4, 0.5) is 18.3 Å². The SMILES string of the molecule is CC1(C)CN(c2nc(C(F)(F)F)ns2)CC2(CCCOC2)O1. The maximum atomic E-state index is 12.7. The second-order valence-electron chi connectivity index (χ2n) is 6.46. The van der Waals surface area contributed by atoms with Crippen LogP contribution >= 0.6 is 11.5 Å². The van der Waals surface area contributed by atoms with Crippen molar-refractivity contribution in [3.05, 3.63) is 5.82 Å². The Morgan fingerprint density at radius 3 is 2.64 bits per heavy atom. The first kappa shape index (κ1) is 15.9. The lowest BCUT2D eigenvalue weighted by Gasteiger charge is -2.51. The predicted molar refractivity (Wildman–Crippen MR) is 75.1 cm³/mol. The molecule has 0 bridgehead atoms. The Hall–Kier alpha value is -0.930. The van der Waals surface area contributed by atoms with Crippen molar-refractivity contribution >= 4 is 16.7 Å². The fourth-order valence-corrected chi connectivity index (χ4v) is 3.82. The molecular weight excluding hydrogens is 319 g/mol. The molecule has 1 aromatic heterocycles. The quantitative estimate of drug-likeness (QED) is 0.789. The van der Waals surface area contributed by atoms with Crippen LogP contribution in [0.2, 0.25) is 0 Å². The second-order valence-corrected chi connectivity index (χ2v) is 7.19. The van der Waals surface area contributed by atoms with Crippen molar-refractivity contribution in [2.45, 2.75) is 44.1 Å². The van der Waals surface area contributed by atoms with Gasteiger partial charge in [-0.2, -0.15) is 22.5 Å². The summed E-state index contributed by atoms with van der Waals surface area (Å²) in [5, 5.41) is 0.286. The summed E-state index contributed by atoms with van der Waals surface area (Å²) in [7, 11) is 0. The van der Waals surface area contributed by atoms with Crippen molar-refractivity contribution in [2.24, 2.45) is 0 Å². The van der Waals surface area contributed by atoms with Crippen molar-refractivity contribution < 1.29 is 22.6 Å². The maximum Gasteiger partial charge on any atom is 0.452 e. The molecule has 1 atom stereocenters. The standard InChI is InChI=1S/C13H18F3N3O2S/c1-11(2)6-19(7-12(21-11)4-3-5-20-8-12)10-17-9(18-22-10)13(14,15)16/h3-8H2,1-2H3. The molecule has 3 rings (SSSR count). The van der Waals surface area contributed by atoms with Crippen LogP contribution < -0.4 is 4.90 Å². The van der Waals surface area contributed by atoms with Crippen LogP contribution in [-0.2, 0) is 15.7 Å². The summed E-state index contributed by atoms with van der Waals surface area (Å²) in [5.74, 6) is -1.08. The van der Waals surface area contributed by atoms with E-state index < -0.39 is 23.2 Å². The molecule has 1 spiro atoms. The fourth-order valence-electron chi connectivity index (χ4n) is 3.14. The summed E-state index contributed by atoms with van der Waals surface area (Å²) in [6, 6.07) is 0. The van der Waals surface area contributed by atoms with Crippen LogP contribution in [0.3, 0.4) is 0 Å². The Balaban J connectivity index is 1.85. The molecular formula is C13H18F3N3O2S. The Labute approximate surface area is 130 Å². The molecule has 2 aliphatic heterocycles. The first-order chi connectivity index (χ1) is 10.2. The lowest BCUT2D eigenvalue weighted by molar-refractivity contribution is -0.197. The molecule has 1 aromatic rings. The van der Waals surface area contributed by atoms with Gasteiger partial charge in [0.25, 0.3) is 0 Å². The van der Waals surface area contributed by atoms with Gasteiger partial charge in [0.2, 0.25) is 11.0 Å². The molecule has 2 saturated heterocycles. The van der Waals surface area contributed by atoms with Gasteiger partial charge in [-0.3, -0.25) is 0 Å². The highest BCUT2D eigenvalue weighted by Gasteiger charge is 2.47. The van der Waals surface area contributed by atoms with E-state index >= 15 is 0 Å². The van der Waals surface area contributed by atoms with E-state index in [1.54, 1.807) is 0 Å². The van der Waals surface area contributed by atoms with Gasteiger partial charge in [-0.25, -0.2) is 0 Å². The molecule has 0 radical (unpaired) electrons. The molecule has 5 nitrogen and oxygen atoms in total. The van der Waals surface area contributed by atoms with E-state index in [-0.39, 0.29) is 5.13 Å². The van der Waals surface area contributed by atoms with Gasteiger partial charge in [0, 0.05) is 24.7 Å². The van der Waals surface area contributed by atoms with Gasteiger partial charge in [0.15, 0.2) is 0 Å². The van der Waals surface area contributed by atoms with Crippen molar-refractivity contribution in [1.29, 1.82) is 0 Å². The molecule has 0 saturated carbocycles. The fraction of sp³-hybridized carbons (Fsp3) is 0.846. The molecule has 1 unspecified atom stereocenters. The highest BCUT2D eigenvalue weighted by atomic mass is 32.1. The minimum atomic E-state index is -4.51. The zero-order chi connectivity index (χ0) is 16.0. The Kier molecular flexibility index (Phi) is 3.85. The van der Waals surface area contributed by atoms with Crippen molar-refractivity contribution in [2.75, 3.05) is 31.2 Å². The van der Waals surface area contributed by atoms with E-state index in [2.05, 4.69) is 9.36 Å². The van der Waals surface area contributed by atoms with Gasteiger partial charge in [-0.05, 0) is 26.7 Å². The van der Waals surface area contributed by atoms with Gasteiger partial charge in [0.05, 0.1) is 18.8 Å². The smallest absolute Gasteiger partial charge is 0.378 e. The third-order valence-corrected chi connectivity index (χ3v) is 4.55. The topological polar surface area (TPSA) is 47.5 Å². The molecule has 0 amide bonds. The van der Waals surface area contributed by atoms with Crippen LogP contribution in [0.1, 0.15) is 32.5 Å². The number of anilines is 1. The van der Waals surface area contributed by atoms with E-state index in [1.807, 2.05) is 18.7 Å². The largest absolute Gasteiger partial charge is 0.452 e. The van der Waals surface area contributed by atoms with Gasteiger partial charge in [-0.1, -0.05) is 0 Å². The molecule has 124 valence electrons. The summed E-state index contributed by atoms with van der Waals surface area (Å²) in [5.41, 5.74) is -0.965. The summed E-state index contributed by atoms with van der Waals surface area (Å²) >= 11 is 0.779. The van der Waals surface area contributed by atoms with Gasteiger partial charge in [-0.15, -0.1) is 0 Å². The third-order valence-electron chi connectivity index (χ3n) is 3.77. The number of rotatable bonds is 1. The second kappa shape index (κ2) is 5.31. The van der Waals surface area contributed by atoms with E-state index in [0.717, 1.165) is 24.4 Å². The number of aromatic nitrogens is 2. The number of hydrogen-bond acceptors (Lipinski definition) is 6. The number of nitrogens with zero attached hydrogens (tertiary/aromatic N) is 3. The lowest BCUT2D eigenvalue weighted by Crippen LogP contribution is -2.62. The lowest BCUT2D eigenvalue weighted by atomic mass is 9.91. The molecule has 0 N–H and O–H groups in total. The summed E-state index contributed by atoms with van der Waals surface area (Å²) in [6.07, 6.45) is -2.80. The summed E-state index contributed by atoms with van der Waals surface area (Å²) in [6.45, 7) is 5.97. The number of morpholine rings is 1. The highest BCUT2D eigenvalue weighted by molar-refractivity contribution is 7.09. The zero-order valence-corrected chi connectivity index (χ0v) is 13.3.